The number of rotatable bonds is 3. The van der Waals surface area contributed by atoms with Gasteiger partial charge >= 0.3 is 0 Å². The molecular formula is C14H20N2. The summed E-state index contributed by atoms with van der Waals surface area (Å²) in [6, 6.07) is 8.56. The molecule has 1 aliphatic heterocycles. The fourth-order valence-corrected chi connectivity index (χ4v) is 2.95. The summed E-state index contributed by atoms with van der Waals surface area (Å²) >= 11 is 0. The standard InChI is InChI=1S/C14H20N2/c15-13-5-3-12(4-6-13)14(7-1-8-14)11-16-9-2-10-16/h3-6H,1-2,7-11,15H2. The van der Waals surface area contributed by atoms with Crippen molar-refractivity contribution < 1.29 is 0 Å². The van der Waals surface area contributed by atoms with Gasteiger partial charge in [-0.3, -0.25) is 0 Å². The molecule has 16 heavy (non-hydrogen) atoms. The summed E-state index contributed by atoms with van der Waals surface area (Å²) in [4.78, 5) is 2.59. The maximum atomic E-state index is 5.76. The van der Waals surface area contributed by atoms with E-state index >= 15 is 0 Å². The van der Waals surface area contributed by atoms with E-state index in [-0.39, 0.29) is 0 Å². The normalized spacial score (nSPS) is 23.5. The molecule has 0 unspecified atom stereocenters. The molecule has 1 aromatic rings. The molecule has 1 saturated carbocycles. The average Bonchev–Trinajstić information content (AvgIpc) is 2.16. The van der Waals surface area contributed by atoms with Gasteiger partial charge in [0.2, 0.25) is 0 Å². The highest BCUT2D eigenvalue weighted by atomic mass is 15.2. The molecule has 2 nitrogen and oxygen atoms in total. The molecule has 0 amide bonds. The first-order valence-corrected chi connectivity index (χ1v) is 6.37. The van der Waals surface area contributed by atoms with E-state index in [0.29, 0.717) is 5.41 Å². The predicted molar refractivity (Wildman–Crippen MR) is 67.4 cm³/mol. The minimum absolute atomic E-state index is 0.452. The van der Waals surface area contributed by atoms with Crippen molar-refractivity contribution in [1.29, 1.82) is 0 Å². The SMILES string of the molecule is Nc1ccc(C2(CN3CCC3)CCC2)cc1. The first kappa shape index (κ1) is 10.2. The first-order valence-electron chi connectivity index (χ1n) is 6.37. The van der Waals surface area contributed by atoms with E-state index in [1.54, 1.807) is 0 Å². The highest BCUT2D eigenvalue weighted by molar-refractivity contribution is 5.42. The Balaban J connectivity index is 1.80. The van der Waals surface area contributed by atoms with Gasteiger partial charge in [-0.2, -0.15) is 0 Å². The second-order valence-corrected chi connectivity index (χ2v) is 5.39. The summed E-state index contributed by atoms with van der Waals surface area (Å²) in [6.07, 6.45) is 5.48. The van der Waals surface area contributed by atoms with Gasteiger partial charge in [-0.15, -0.1) is 0 Å². The van der Waals surface area contributed by atoms with Gasteiger partial charge in [-0.05, 0) is 50.0 Å². The van der Waals surface area contributed by atoms with Crippen molar-refractivity contribution in [3.8, 4) is 0 Å². The molecule has 2 aliphatic rings. The molecule has 86 valence electrons. The van der Waals surface area contributed by atoms with Crippen molar-refractivity contribution in [1.82, 2.24) is 4.90 Å². The molecular weight excluding hydrogens is 196 g/mol. The number of nitrogens with zero attached hydrogens (tertiary/aromatic N) is 1. The van der Waals surface area contributed by atoms with Crippen LogP contribution in [0.2, 0.25) is 0 Å². The van der Waals surface area contributed by atoms with Crippen LogP contribution < -0.4 is 5.73 Å². The molecule has 2 fully saturated rings. The van der Waals surface area contributed by atoms with Crippen LogP contribution in [0.15, 0.2) is 24.3 Å². The van der Waals surface area contributed by atoms with E-state index < -0.39 is 0 Å². The van der Waals surface area contributed by atoms with Crippen molar-refractivity contribution in [2.24, 2.45) is 0 Å². The summed E-state index contributed by atoms with van der Waals surface area (Å²) < 4.78 is 0. The minimum atomic E-state index is 0.452. The van der Waals surface area contributed by atoms with Gasteiger partial charge in [-0.25, -0.2) is 0 Å². The number of anilines is 1. The third-order valence-electron chi connectivity index (χ3n) is 4.31. The maximum absolute atomic E-state index is 5.76. The number of hydrogen-bond donors (Lipinski definition) is 1. The molecule has 1 saturated heterocycles. The Labute approximate surface area is 97.4 Å². The summed E-state index contributed by atoms with van der Waals surface area (Å²) in [5, 5.41) is 0. The van der Waals surface area contributed by atoms with Gasteiger partial charge in [0.1, 0.15) is 0 Å². The minimum Gasteiger partial charge on any atom is -0.399 e. The van der Waals surface area contributed by atoms with Gasteiger partial charge in [0.25, 0.3) is 0 Å². The lowest BCUT2D eigenvalue weighted by Gasteiger charge is -2.48. The van der Waals surface area contributed by atoms with Crippen LogP contribution in [0.5, 0.6) is 0 Å². The monoisotopic (exact) mass is 216 g/mol. The second-order valence-electron chi connectivity index (χ2n) is 5.39. The topological polar surface area (TPSA) is 29.3 Å². The first-order chi connectivity index (χ1) is 7.78. The highest BCUT2D eigenvalue weighted by Gasteiger charge is 2.40. The number of likely N-dealkylation sites (tertiary alicyclic amines) is 1. The second kappa shape index (κ2) is 3.77. The zero-order chi connectivity index (χ0) is 11.0. The Hall–Kier alpha value is -1.02. The van der Waals surface area contributed by atoms with E-state index in [9.17, 15) is 0 Å². The van der Waals surface area contributed by atoms with Crippen molar-refractivity contribution >= 4 is 5.69 Å². The van der Waals surface area contributed by atoms with Crippen LogP contribution in [-0.2, 0) is 5.41 Å². The average molecular weight is 216 g/mol. The molecule has 1 aromatic carbocycles. The Morgan fingerprint density at radius 2 is 1.75 bits per heavy atom. The summed E-state index contributed by atoms with van der Waals surface area (Å²) in [6.45, 7) is 3.87. The largest absolute Gasteiger partial charge is 0.399 e. The van der Waals surface area contributed by atoms with Crippen molar-refractivity contribution in [3.05, 3.63) is 29.8 Å². The maximum Gasteiger partial charge on any atom is 0.0314 e. The predicted octanol–water partition coefficient (Wildman–Crippen LogP) is 2.40. The van der Waals surface area contributed by atoms with Crippen LogP contribution in [0.4, 0.5) is 5.69 Å². The van der Waals surface area contributed by atoms with Crippen LogP contribution in [-0.4, -0.2) is 24.5 Å². The number of hydrogen-bond acceptors (Lipinski definition) is 2. The van der Waals surface area contributed by atoms with E-state index in [1.807, 2.05) is 12.1 Å². The number of nitrogen functional groups attached to an aromatic ring is 1. The molecule has 0 spiro atoms. The zero-order valence-corrected chi connectivity index (χ0v) is 9.78. The lowest BCUT2D eigenvalue weighted by atomic mass is 9.64. The molecule has 1 heterocycles. The van der Waals surface area contributed by atoms with E-state index in [0.717, 1.165) is 5.69 Å². The fraction of sp³-hybridized carbons (Fsp3) is 0.571. The van der Waals surface area contributed by atoms with Crippen molar-refractivity contribution in [3.63, 3.8) is 0 Å². The quantitative estimate of drug-likeness (QED) is 0.786. The third-order valence-corrected chi connectivity index (χ3v) is 4.31. The lowest BCUT2D eigenvalue weighted by molar-refractivity contribution is 0.0936. The molecule has 0 radical (unpaired) electrons. The Bertz CT molecular complexity index is 361. The smallest absolute Gasteiger partial charge is 0.0314 e. The summed E-state index contributed by atoms with van der Waals surface area (Å²) in [7, 11) is 0. The lowest BCUT2D eigenvalue weighted by Crippen LogP contribution is -2.50. The van der Waals surface area contributed by atoms with Gasteiger partial charge in [0.05, 0.1) is 0 Å². The summed E-state index contributed by atoms with van der Waals surface area (Å²) in [5.74, 6) is 0. The van der Waals surface area contributed by atoms with Crippen LogP contribution in [0.25, 0.3) is 0 Å². The number of nitrogens with two attached hydrogens (primary N) is 1. The van der Waals surface area contributed by atoms with Crippen molar-refractivity contribution in [2.75, 3.05) is 25.4 Å². The zero-order valence-electron chi connectivity index (χ0n) is 9.78. The molecule has 0 aromatic heterocycles. The molecule has 0 atom stereocenters. The van der Waals surface area contributed by atoms with Gasteiger partial charge in [0.15, 0.2) is 0 Å². The van der Waals surface area contributed by atoms with Gasteiger partial charge < -0.3 is 10.6 Å². The third kappa shape index (κ3) is 1.61. The van der Waals surface area contributed by atoms with Crippen molar-refractivity contribution in [2.45, 2.75) is 31.1 Å². The Morgan fingerprint density at radius 1 is 1.06 bits per heavy atom. The van der Waals surface area contributed by atoms with E-state index in [2.05, 4.69) is 17.0 Å². The molecule has 1 aliphatic carbocycles. The number of benzene rings is 1. The van der Waals surface area contributed by atoms with Gasteiger partial charge in [-0.1, -0.05) is 18.6 Å². The fourth-order valence-electron chi connectivity index (χ4n) is 2.95. The molecule has 2 heteroatoms. The molecule has 0 bridgehead atoms. The van der Waals surface area contributed by atoms with E-state index in [4.69, 9.17) is 5.73 Å². The Kier molecular flexibility index (Phi) is 2.40. The van der Waals surface area contributed by atoms with Crippen LogP contribution in [0.1, 0.15) is 31.2 Å². The highest BCUT2D eigenvalue weighted by Crippen LogP contribution is 2.45. The molecule has 3 rings (SSSR count). The molecule has 2 N–H and O–H groups in total. The van der Waals surface area contributed by atoms with Crippen LogP contribution >= 0.6 is 0 Å². The van der Waals surface area contributed by atoms with Crippen LogP contribution in [0.3, 0.4) is 0 Å². The van der Waals surface area contributed by atoms with Crippen LogP contribution in [0, 0.1) is 0 Å². The Morgan fingerprint density at radius 3 is 2.19 bits per heavy atom. The summed E-state index contributed by atoms with van der Waals surface area (Å²) in [5.41, 5.74) is 8.59. The van der Waals surface area contributed by atoms with Gasteiger partial charge in [0, 0.05) is 17.6 Å². The van der Waals surface area contributed by atoms with E-state index in [1.165, 1.54) is 50.9 Å².